The molecule has 0 radical (unpaired) electrons. The highest BCUT2D eigenvalue weighted by atomic mass is 16.7. The minimum absolute atomic E-state index is 0.156. The minimum atomic E-state index is -0.196. The summed E-state index contributed by atoms with van der Waals surface area (Å²) in [5.41, 5.74) is 4.04. The van der Waals surface area contributed by atoms with E-state index in [9.17, 15) is 0 Å². The summed E-state index contributed by atoms with van der Waals surface area (Å²) in [6.07, 6.45) is 0. The van der Waals surface area contributed by atoms with Gasteiger partial charge in [0, 0.05) is 0 Å². The summed E-state index contributed by atoms with van der Waals surface area (Å²) in [4.78, 5) is 0. The van der Waals surface area contributed by atoms with Crippen LogP contribution in [0.5, 0.6) is 0 Å². The lowest BCUT2D eigenvalue weighted by Crippen LogP contribution is -2.20. The summed E-state index contributed by atoms with van der Waals surface area (Å²) < 4.78 is 39.0. The Balaban J connectivity index is 1.45. The van der Waals surface area contributed by atoms with Gasteiger partial charge in [0.25, 0.3) is 0 Å². The smallest absolute Gasteiger partial charge is 0.147 e. The molecule has 7 nitrogen and oxygen atoms in total. The van der Waals surface area contributed by atoms with Crippen LogP contribution in [0.4, 0.5) is 0 Å². The van der Waals surface area contributed by atoms with Gasteiger partial charge in [-0.15, -0.1) is 0 Å². The SMILES string of the molecule is CC(C)(C)OCOCc1ccc(COCOCCOCOCc2cccc(COC(C)(C)C)c2)cc1. The van der Waals surface area contributed by atoms with E-state index < -0.39 is 0 Å². The normalized spacial score (nSPS) is 12.3. The molecule has 36 heavy (non-hydrogen) atoms. The Morgan fingerprint density at radius 1 is 0.472 bits per heavy atom. The van der Waals surface area contributed by atoms with Crippen molar-refractivity contribution < 1.29 is 33.2 Å². The van der Waals surface area contributed by atoms with Gasteiger partial charge in [-0.25, -0.2) is 0 Å². The Labute approximate surface area is 216 Å². The quantitative estimate of drug-likeness (QED) is 0.194. The Morgan fingerprint density at radius 3 is 1.42 bits per heavy atom. The van der Waals surface area contributed by atoms with Gasteiger partial charge < -0.3 is 33.2 Å². The monoisotopic (exact) mass is 504 g/mol. The van der Waals surface area contributed by atoms with Crippen LogP contribution in [-0.2, 0) is 59.6 Å². The maximum Gasteiger partial charge on any atom is 0.147 e. The number of ether oxygens (including phenoxy) is 7. The first-order valence-electron chi connectivity index (χ1n) is 12.4. The van der Waals surface area contributed by atoms with Crippen LogP contribution in [-0.4, -0.2) is 44.8 Å². The lowest BCUT2D eigenvalue weighted by atomic mass is 10.1. The Kier molecular flexibility index (Phi) is 13.6. The molecule has 0 bridgehead atoms. The van der Waals surface area contributed by atoms with Crippen molar-refractivity contribution in [1.82, 2.24) is 0 Å². The molecule has 2 aromatic rings. The van der Waals surface area contributed by atoms with Crippen LogP contribution in [0.1, 0.15) is 63.8 Å². The van der Waals surface area contributed by atoms with Crippen molar-refractivity contribution in [2.24, 2.45) is 0 Å². The van der Waals surface area contributed by atoms with Crippen LogP contribution in [0.15, 0.2) is 48.5 Å². The average molecular weight is 505 g/mol. The van der Waals surface area contributed by atoms with Gasteiger partial charge in [-0.05, 0) is 63.8 Å². The minimum Gasteiger partial charge on any atom is -0.371 e. The van der Waals surface area contributed by atoms with Crippen LogP contribution in [0.25, 0.3) is 0 Å². The van der Waals surface area contributed by atoms with Crippen molar-refractivity contribution in [2.75, 3.05) is 33.6 Å². The summed E-state index contributed by atoms with van der Waals surface area (Å²) in [6, 6.07) is 16.3. The molecular formula is C29H44O7. The molecule has 0 saturated carbocycles. The first-order valence-corrected chi connectivity index (χ1v) is 12.4. The summed E-state index contributed by atoms with van der Waals surface area (Å²) in [5, 5.41) is 0. The second-order valence-corrected chi connectivity index (χ2v) is 10.5. The molecule has 0 amide bonds. The summed E-state index contributed by atoms with van der Waals surface area (Å²) in [6.45, 7) is 15.8. The molecule has 0 heterocycles. The third-order valence-electron chi connectivity index (χ3n) is 4.77. The lowest BCUT2D eigenvalue weighted by Gasteiger charge is -2.19. The number of hydrogen-bond donors (Lipinski definition) is 0. The van der Waals surface area contributed by atoms with E-state index in [2.05, 4.69) is 32.9 Å². The molecule has 202 valence electrons. The van der Waals surface area contributed by atoms with Crippen molar-refractivity contribution in [2.45, 2.75) is 79.2 Å². The van der Waals surface area contributed by atoms with Crippen LogP contribution < -0.4 is 0 Å². The molecule has 7 heteroatoms. The maximum atomic E-state index is 5.82. The van der Waals surface area contributed by atoms with E-state index in [1.807, 2.05) is 57.2 Å². The molecule has 0 aliphatic heterocycles. The fourth-order valence-electron chi connectivity index (χ4n) is 2.89. The molecular weight excluding hydrogens is 460 g/mol. The first-order chi connectivity index (χ1) is 17.1. The fourth-order valence-corrected chi connectivity index (χ4v) is 2.89. The van der Waals surface area contributed by atoms with E-state index in [-0.39, 0.29) is 31.6 Å². The van der Waals surface area contributed by atoms with Crippen LogP contribution in [0.2, 0.25) is 0 Å². The highest BCUT2D eigenvalue weighted by Gasteiger charge is 2.10. The zero-order valence-electron chi connectivity index (χ0n) is 22.8. The van der Waals surface area contributed by atoms with E-state index in [0.29, 0.717) is 39.6 Å². The molecule has 0 aliphatic carbocycles. The molecule has 0 atom stereocenters. The predicted molar refractivity (Wildman–Crippen MR) is 139 cm³/mol. The zero-order valence-corrected chi connectivity index (χ0v) is 22.8. The summed E-state index contributed by atoms with van der Waals surface area (Å²) >= 11 is 0. The van der Waals surface area contributed by atoms with E-state index in [4.69, 9.17) is 33.2 Å². The van der Waals surface area contributed by atoms with Gasteiger partial charge in [0.2, 0.25) is 0 Å². The van der Waals surface area contributed by atoms with E-state index in [1.54, 1.807) is 0 Å². The first kappa shape index (κ1) is 30.4. The molecule has 2 rings (SSSR count). The molecule has 0 aromatic heterocycles. The van der Waals surface area contributed by atoms with E-state index in [0.717, 1.165) is 22.3 Å². The molecule has 0 fully saturated rings. The van der Waals surface area contributed by atoms with Gasteiger partial charge in [0.15, 0.2) is 0 Å². The molecule has 0 saturated heterocycles. The summed E-state index contributed by atoms with van der Waals surface area (Å²) in [7, 11) is 0. The Hall–Kier alpha value is -1.84. The Bertz CT molecular complexity index is 838. The standard InChI is InChI=1S/C29H44O7/c1-28(2,3)35-20-27-9-7-8-26(16-27)19-33-22-31-15-14-30-21-32-17-24-10-12-25(13-11-24)18-34-23-36-29(4,5)6/h7-13,16H,14-15,17-23H2,1-6H3. The van der Waals surface area contributed by atoms with E-state index in [1.165, 1.54) is 0 Å². The van der Waals surface area contributed by atoms with Crippen molar-refractivity contribution in [1.29, 1.82) is 0 Å². The molecule has 0 unspecified atom stereocenters. The second kappa shape index (κ2) is 16.1. The lowest BCUT2D eigenvalue weighted by molar-refractivity contribution is -0.125. The zero-order chi connectivity index (χ0) is 26.3. The number of rotatable bonds is 17. The van der Waals surface area contributed by atoms with Crippen molar-refractivity contribution >= 4 is 0 Å². The van der Waals surface area contributed by atoms with Gasteiger partial charge in [-0.2, -0.15) is 0 Å². The van der Waals surface area contributed by atoms with Gasteiger partial charge in [0.1, 0.15) is 20.4 Å². The third kappa shape index (κ3) is 15.3. The van der Waals surface area contributed by atoms with Crippen LogP contribution >= 0.6 is 0 Å². The van der Waals surface area contributed by atoms with Gasteiger partial charge in [-0.3, -0.25) is 0 Å². The van der Waals surface area contributed by atoms with Crippen LogP contribution in [0.3, 0.4) is 0 Å². The largest absolute Gasteiger partial charge is 0.371 e. The predicted octanol–water partition coefficient (Wildman–Crippen LogP) is 5.97. The molecule has 0 N–H and O–H groups in total. The van der Waals surface area contributed by atoms with E-state index >= 15 is 0 Å². The second-order valence-electron chi connectivity index (χ2n) is 10.5. The van der Waals surface area contributed by atoms with Crippen molar-refractivity contribution in [3.05, 3.63) is 70.8 Å². The van der Waals surface area contributed by atoms with Crippen molar-refractivity contribution in [3.63, 3.8) is 0 Å². The average Bonchev–Trinajstić information content (AvgIpc) is 2.82. The number of hydrogen-bond acceptors (Lipinski definition) is 7. The van der Waals surface area contributed by atoms with Gasteiger partial charge >= 0.3 is 0 Å². The topological polar surface area (TPSA) is 64.6 Å². The molecule has 0 spiro atoms. The van der Waals surface area contributed by atoms with Crippen LogP contribution in [0, 0.1) is 0 Å². The highest BCUT2D eigenvalue weighted by Crippen LogP contribution is 2.14. The maximum absolute atomic E-state index is 5.82. The highest BCUT2D eigenvalue weighted by molar-refractivity contribution is 5.22. The third-order valence-corrected chi connectivity index (χ3v) is 4.77. The van der Waals surface area contributed by atoms with Gasteiger partial charge in [0.05, 0.1) is 50.8 Å². The fraction of sp³-hybridized carbons (Fsp3) is 0.586. The van der Waals surface area contributed by atoms with Gasteiger partial charge in [-0.1, -0.05) is 48.5 Å². The summed E-state index contributed by atoms with van der Waals surface area (Å²) in [5.74, 6) is 0. The number of benzene rings is 2. The molecule has 0 aliphatic rings. The Morgan fingerprint density at radius 2 is 0.917 bits per heavy atom. The molecule has 2 aromatic carbocycles. The van der Waals surface area contributed by atoms with Crippen molar-refractivity contribution in [3.8, 4) is 0 Å².